The van der Waals surface area contributed by atoms with Crippen LogP contribution < -0.4 is 25.8 Å². The maximum absolute atomic E-state index is 13.9. The highest BCUT2D eigenvalue weighted by Crippen LogP contribution is 2.54. The Kier molecular flexibility index (Phi) is 6.12. The molecule has 2 aromatic rings. The van der Waals surface area contributed by atoms with E-state index < -0.39 is 47.0 Å². The minimum absolute atomic E-state index is 0.0998. The van der Waals surface area contributed by atoms with Gasteiger partial charge in [-0.05, 0) is 42.7 Å². The first-order valence-electron chi connectivity index (χ1n) is 11.9. The van der Waals surface area contributed by atoms with E-state index in [4.69, 9.17) is 26.8 Å². The van der Waals surface area contributed by atoms with Crippen molar-refractivity contribution in [2.75, 3.05) is 26.1 Å². The summed E-state index contributed by atoms with van der Waals surface area (Å²) in [7, 11) is 3.07. The second-order valence-corrected chi connectivity index (χ2v) is 10.0. The molecule has 3 aliphatic heterocycles. The summed E-state index contributed by atoms with van der Waals surface area (Å²) in [5.74, 6) is -2.92. The van der Waals surface area contributed by atoms with Gasteiger partial charge in [0.1, 0.15) is 5.54 Å². The number of ether oxygens (including phenoxy) is 2. The lowest BCUT2D eigenvalue weighted by Crippen LogP contribution is -2.53. The van der Waals surface area contributed by atoms with E-state index in [1.54, 1.807) is 24.3 Å². The van der Waals surface area contributed by atoms with Crippen LogP contribution in [0.4, 0.5) is 5.69 Å². The molecule has 0 bridgehead atoms. The number of fused-ring (bicyclic) bond motifs is 4. The van der Waals surface area contributed by atoms with Crippen LogP contribution in [-0.2, 0) is 31.1 Å². The Morgan fingerprint density at radius 3 is 2.51 bits per heavy atom. The predicted octanol–water partition coefficient (Wildman–Crippen LogP) is 1.50. The van der Waals surface area contributed by atoms with Crippen molar-refractivity contribution in [3.05, 3.63) is 52.0 Å². The van der Waals surface area contributed by atoms with Crippen LogP contribution in [0.15, 0.2) is 30.3 Å². The summed E-state index contributed by atoms with van der Waals surface area (Å²) in [5, 5.41) is 6.29. The van der Waals surface area contributed by atoms with E-state index in [9.17, 15) is 19.2 Å². The number of aryl methyl sites for hydroxylation is 1. The van der Waals surface area contributed by atoms with Crippen molar-refractivity contribution in [2.45, 2.75) is 31.3 Å². The minimum atomic E-state index is -1.54. The molecule has 0 unspecified atom stereocenters. The van der Waals surface area contributed by atoms with Crippen molar-refractivity contribution in [1.29, 1.82) is 0 Å². The van der Waals surface area contributed by atoms with E-state index in [1.165, 1.54) is 19.1 Å². The third kappa shape index (κ3) is 3.74. The molecule has 0 radical (unpaired) electrons. The van der Waals surface area contributed by atoms with Gasteiger partial charge in [0.25, 0.3) is 0 Å². The summed E-state index contributed by atoms with van der Waals surface area (Å²) >= 11 is 6.43. The number of primary amides is 1. The summed E-state index contributed by atoms with van der Waals surface area (Å²) in [5.41, 5.74) is 6.46. The molecule has 11 heteroatoms. The van der Waals surface area contributed by atoms with Crippen LogP contribution in [0.3, 0.4) is 0 Å². The minimum Gasteiger partial charge on any atom is -0.493 e. The molecule has 0 aliphatic carbocycles. The van der Waals surface area contributed by atoms with Crippen molar-refractivity contribution in [3.8, 4) is 11.5 Å². The SMILES string of the molecule is COc1ccc(CCN2C(=O)[C@H]3[C@@H](C2=O)[C@@]2(N[C@@H]3CC(N)=O)C(=O)Nc3c(Cl)cc(C)cc32)cc1OC. The number of hydrogen-bond donors (Lipinski definition) is 3. The molecule has 2 aromatic carbocycles. The highest BCUT2D eigenvalue weighted by molar-refractivity contribution is 6.35. The zero-order valence-electron chi connectivity index (χ0n) is 20.6. The monoisotopic (exact) mass is 526 g/mol. The molecular weight excluding hydrogens is 500 g/mol. The fourth-order valence-electron chi connectivity index (χ4n) is 5.94. The number of carbonyl (C=O) groups is 4. The average Bonchev–Trinajstić information content (AvgIpc) is 3.42. The van der Waals surface area contributed by atoms with Crippen LogP contribution in [0.1, 0.15) is 23.1 Å². The summed E-state index contributed by atoms with van der Waals surface area (Å²) < 4.78 is 10.6. The number of anilines is 1. The van der Waals surface area contributed by atoms with Crippen molar-refractivity contribution in [2.24, 2.45) is 17.6 Å². The zero-order valence-corrected chi connectivity index (χ0v) is 21.3. The molecule has 4 N–H and O–H groups in total. The lowest BCUT2D eigenvalue weighted by Gasteiger charge is -2.29. The number of hydrogen-bond acceptors (Lipinski definition) is 7. The standard InChI is InChI=1S/C26H27ClN4O6/c1-12-8-14-22(15(27)9-12)29-25(35)26(14)21-20(16(30-26)11-19(28)32)23(33)31(24(21)34)7-6-13-4-5-17(36-2)18(10-13)37-3/h4-5,8-10,16,20-21,30H,6-7,11H2,1-3H3,(H2,28,32)(H,29,35)/t16-,20-,21+,26-/m1/s1. The fraction of sp³-hybridized carbons (Fsp3) is 0.385. The maximum Gasteiger partial charge on any atom is 0.250 e. The van der Waals surface area contributed by atoms with Gasteiger partial charge in [0.05, 0.1) is 36.8 Å². The number of benzene rings is 2. The molecule has 10 nitrogen and oxygen atoms in total. The molecule has 0 aromatic heterocycles. The van der Waals surface area contributed by atoms with Crippen molar-refractivity contribution < 1.29 is 28.7 Å². The number of nitrogens with one attached hydrogen (secondary N) is 2. The van der Waals surface area contributed by atoms with E-state index in [1.807, 2.05) is 13.0 Å². The first-order valence-corrected chi connectivity index (χ1v) is 12.2. The number of carbonyl (C=O) groups excluding carboxylic acids is 4. The van der Waals surface area contributed by atoms with Crippen LogP contribution in [0, 0.1) is 18.8 Å². The van der Waals surface area contributed by atoms with E-state index in [-0.39, 0.29) is 13.0 Å². The summed E-state index contributed by atoms with van der Waals surface area (Å²) in [6.07, 6.45) is 0.166. The van der Waals surface area contributed by atoms with Gasteiger partial charge in [-0.3, -0.25) is 29.4 Å². The second-order valence-electron chi connectivity index (χ2n) is 9.62. The van der Waals surface area contributed by atoms with Crippen molar-refractivity contribution in [3.63, 3.8) is 0 Å². The van der Waals surface area contributed by atoms with Gasteiger partial charge in [-0.1, -0.05) is 23.7 Å². The number of nitrogens with zero attached hydrogens (tertiary/aromatic N) is 1. The van der Waals surface area contributed by atoms with Gasteiger partial charge in [-0.2, -0.15) is 0 Å². The summed E-state index contributed by atoms with van der Waals surface area (Å²) in [6, 6.07) is 8.07. The number of rotatable bonds is 7. The Labute approximate surface area is 218 Å². The molecule has 4 atom stereocenters. The highest BCUT2D eigenvalue weighted by atomic mass is 35.5. The molecule has 5 rings (SSSR count). The van der Waals surface area contributed by atoms with Crippen LogP contribution >= 0.6 is 11.6 Å². The smallest absolute Gasteiger partial charge is 0.250 e. The molecule has 3 aliphatic rings. The molecule has 37 heavy (non-hydrogen) atoms. The first-order chi connectivity index (χ1) is 17.6. The average molecular weight is 527 g/mol. The Balaban J connectivity index is 1.51. The highest BCUT2D eigenvalue weighted by Gasteiger charge is 2.70. The normalized spacial score (nSPS) is 25.9. The maximum atomic E-state index is 13.9. The Morgan fingerprint density at radius 1 is 1.11 bits per heavy atom. The fourth-order valence-corrected chi connectivity index (χ4v) is 6.26. The number of nitrogens with two attached hydrogens (primary N) is 1. The van der Waals surface area contributed by atoms with E-state index in [0.29, 0.717) is 34.2 Å². The molecule has 2 fully saturated rings. The van der Waals surface area contributed by atoms with Crippen LogP contribution in [-0.4, -0.2) is 55.3 Å². The summed E-state index contributed by atoms with van der Waals surface area (Å²) in [4.78, 5) is 54.1. The predicted molar refractivity (Wildman–Crippen MR) is 134 cm³/mol. The van der Waals surface area contributed by atoms with Gasteiger partial charge in [0.2, 0.25) is 23.6 Å². The summed E-state index contributed by atoms with van der Waals surface area (Å²) in [6.45, 7) is 1.93. The zero-order chi connectivity index (χ0) is 26.6. The molecule has 0 saturated carbocycles. The first kappa shape index (κ1) is 25.0. The molecule has 3 heterocycles. The molecule has 4 amide bonds. The Morgan fingerprint density at radius 2 is 1.84 bits per heavy atom. The van der Waals surface area contributed by atoms with Crippen LogP contribution in [0.2, 0.25) is 5.02 Å². The number of amides is 4. The quantitative estimate of drug-likeness (QED) is 0.464. The Bertz CT molecular complexity index is 1350. The number of imide groups is 1. The number of halogens is 1. The van der Waals surface area contributed by atoms with E-state index in [2.05, 4.69) is 10.6 Å². The van der Waals surface area contributed by atoms with Gasteiger partial charge >= 0.3 is 0 Å². The lowest BCUT2D eigenvalue weighted by atomic mass is 9.76. The van der Waals surface area contributed by atoms with Crippen molar-refractivity contribution in [1.82, 2.24) is 10.2 Å². The van der Waals surface area contributed by atoms with Crippen LogP contribution in [0.25, 0.3) is 0 Å². The third-order valence-electron chi connectivity index (χ3n) is 7.50. The van der Waals surface area contributed by atoms with Gasteiger partial charge in [-0.25, -0.2) is 0 Å². The Hall–Kier alpha value is -3.63. The van der Waals surface area contributed by atoms with E-state index in [0.717, 1.165) is 11.1 Å². The van der Waals surface area contributed by atoms with Gasteiger partial charge < -0.3 is 20.5 Å². The second kappa shape index (κ2) is 9.04. The largest absolute Gasteiger partial charge is 0.493 e. The van der Waals surface area contributed by atoms with E-state index >= 15 is 0 Å². The third-order valence-corrected chi connectivity index (χ3v) is 7.80. The molecular formula is C26H27ClN4O6. The number of likely N-dealkylation sites (tertiary alicyclic amines) is 1. The van der Waals surface area contributed by atoms with Gasteiger partial charge in [-0.15, -0.1) is 0 Å². The van der Waals surface area contributed by atoms with Crippen LogP contribution in [0.5, 0.6) is 11.5 Å². The van der Waals surface area contributed by atoms with Gasteiger partial charge in [0.15, 0.2) is 11.5 Å². The lowest BCUT2D eigenvalue weighted by molar-refractivity contribution is -0.142. The number of methoxy groups -OCH3 is 2. The van der Waals surface area contributed by atoms with Gasteiger partial charge in [0, 0.05) is 24.6 Å². The van der Waals surface area contributed by atoms with Crippen molar-refractivity contribution >= 4 is 40.9 Å². The molecule has 1 spiro atoms. The topological polar surface area (TPSA) is 140 Å². The molecule has 2 saturated heterocycles. The molecule has 194 valence electrons.